The lowest BCUT2D eigenvalue weighted by atomic mass is 10.0. The van der Waals surface area contributed by atoms with Gasteiger partial charge in [0.1, 0.15) is 11.9 Å². The minimum atomic E-state index is -0.528. The van der Waals surface area contributed by atoms with Crippen LogP contribution in [0.15, 0.2) is 24.3 Å². The van der Waals surface area contributed by atoms with Crippen LogP contribution in [0.2, 0.25) is 0 Å². The molecule has 0 bridgehead atoms. The highest BCUT2D eigenvalue weighted by Crippen LogP contribution is 2.22. The fourth-order valence-electron chi connectivity index (χ4n) is 2.63. The summed E-state index contributed by atoms with van der Waals surface area (Å²) >= 11 is 0. The van der Waals surface area contributed by atoms with Crippen LogP contribution in [0.3, 0.4) is 0 Å². The topological polar surface area (TPSA) is 78.1 Å². The fourth-order valence-corrected chi connectivity index (χ4v) is 2.63. The quantitative estimate of drug-likeness (QED) is 0.833. The molecule has 1 unspecified atom stereocenters. The number of hydrogen-bond donors (Lipinski definition) is 2. The number of aromatic amines is 1. The van der Waals surface area contributed by atoms with Gasteiger partial charge in [0.25, 0.3) is 5.91 Å². The van der Waals surface area contributed by atoms with Crippen LogP contribution in [0.25, 0.3) is 0 Å². The second-order valence-corrected chi connectivity index (χ2v) is 5.63. The molecular formula is C16H17FN4O2. The van der Waals surface area contributed by atoms with Crippen molar-refractivity contribution >= 4 is 17.5 Å². The lowest BCUT2D eigenvalue weighted by Gasteiger charge is -2.38. The Kier molecular flexibility index (Phi) is 3.85. The number of carbonyl (C=O) groups excluding carboxylic acids is 2. The summed E-state index contributed by atoms with van der Waals surface area (Å²) in [6.45, 7) is 4.07. The third kappa shape index (κ3) is 2.94. The number of carbonyl (C=O) groups is 2. The SMILES string of the molecule is Cc1n[nH]c(C)c1CC(=O)NC1CN(c2ccc(F)cc2)C1=O. The molecule has 7 heteroatoms. The Labute approximate surface area is 132 Å². The number of nitrogens with zero attached hydrogens (tertiary/aromatic N) is 2. The van der Waals surface area contributed by atoms with Crippen LogP contribution in [0.5, 0.6) is 0 Å². The highest BCUT2D eigenvalue weighted by molar-refractivity contribution is 6.05. The predicted molar refractivity (Wildman–Crippen MR) is 82.4 cm³/mol. The molecule has 2 heterocycles. The van der Waals surface area contributed by atoms with E-state index >= 15 is 0 Å². The van der Waals surface area contributed by atoms with Gasteiger partial charge in [-0.3, -0.25) is 14.7 Å². The largest absolute Gasteiger partial charge is 0.342 e. The Morgan fingerprint density at radius 2 is 2.09 bits per heavy atom. The van der Waals surface area contributed by atoms with Gasteiger partial charge in [-0.15, -0.1) is 0 Å². The first kappa shape index (κ1) is 15.2. The molecule has 1 aromatic heterocycles. The van der Waals surface area contributed by atoms with E-state index in [1.807, 2.05) is 13.8 Å². The number of aromatic nitrogens is 2. The second-order valence-electron chi connectivity index (χ2n) is 5.63. The van der Waals surface area contributed by atoms with Crippen molar-refractivity contribution in [2.45, 2.75) is 26.3 Å². The van der Waals surface area contributed by atoms with Gasteiger partial charge in [0.15, 0.2) is 0 Å². The third-order valence-corrected chi connectivity index (χ3v) is 4.02. The summed E-state index contributed by atoms with van der Waals surface area (Å²) in [5.74, 6) is -0.752. The van der Waals surface area contributed by atoms with Crippen LogP contribution in [0.4, 0.5) is 10.1 Å². The second kappa shape index (κ2) is 5.83. The summed E-state index contributed by atoms with van der Waals surface area (Å²) < 4.78 is 12.9. The van der Waals surface area contributed by atoms with E-state index in [2.05, 4.69) is 15.5 Å². The molecular weight excluding hydrogens is 299 g/mol. The average Bonchev–Trinajstić information content (AvgIpc) is 2.84. The fraction of sp³-hybridized carbons (Fsp3) is 0.312. The maximum absolute atomic E-state index is 12.9. The number of halogens is 1. The van der Waals surface area contributed by atoms with E-state index in [4.69, 9.17) is 0 Å². The van der Waals surface area contributed by atoms with Crippen LogP contribution < -0.4 is 10.2 Å². The zero-order valence-corrected chi connectivity index (χ0v) is 12.9. The van der Waals surface area contributed by atoms with Crippen molar-refractivity contribution in [3.8, 4) is 0 Å². The van der Waals surface area contributed by atoms with Crippen molar-refractivity contribution in [1.29, 1.82) is 0 Å². The Morgan fingerprint density at radius 3 is 2.65 bits per heavy atom. The monoisotopic (exact) mass is 316 g/mol. The van der Waals surface area contributed by atoms with Crippen molar-refractivity contribution in [3.63, 3.8) is 0 Å². The lowest BCUT2D eigenvalue weighted by molar-refractivity contribution is -0.130. The molecule has 2 N–H and O–H groups in total. The Bertz CT molecular complexity index is 734. The first-order chi connectivity index (χ1) is 11.0. The van der Waals surface area contributed by atoms with Crippen molar-refractivity contribution < 1.29 is 14.0 Å². The van der Waals surface area contributed by atoms with Crippen molar-refractivity contribution in [2.24, 2.45) is 0 Å². The number of β-lactam (4-membered cyclic amide) rings is 1. The normalized spacial score (nSPS) is 17.1. The number of hydrogen-bond acceptors (Lipinski definition) is 3. The van der Waals surface area contributed by atoms with E-state index in [1.165, 1.54) is 17.0 Å². The van der Waals surface area contributed by atoms with Gasteiger partial charge in [-0.25, -0.2) is 4.39 Å². The molecule has 0 spiro atoms. The molecule has 2 amide bonds. The van der Waals surface area contributed by atoms with Crippen LogP contribution in [0.1, 0.15) is 17.0 Å². The van der Waals surface area contributed by atoms with Crippen LogP contribution >= 0.6 is 0 Å². The maximum Gasteiger partial charge on any atom is 0.251 e. The number of H-pyrrole nitrogens is 1. The number of benzene rings is 1. The summed E-state index contributed by atoms with van der Waals surface area (Å²) in [5, 5.41) is 9.60. The van der Waals surface area contributed by atoms with Gasteiger partial charge in [-0.2, -0.15) is 5.10 Å². The highest BCUT2D eigenvalue weighted by Gasteiger charge is 2.38. The molecule has 1 atom stereocenters. The first-order valence-electron chi connectivity index (χ1n) is 7.32. The molecule has 1 aliphatic heterocycles. The molecule has 23 heavy (non-hydrogen) atoms. The molecule has 1 saturated heterocycles. The van der Waals surface area contributed by atoms with Gasteiger partial charge in [0.2, 0.25) is 5.91 Å². The van der Waals surface area contributed by atoms with E-state index in [9.17, 15) is 14.0 Å². The minimum Gasteiger partial charge on any atom is -0.342 e. The Hall–Kier alpha value is -2.70. The molecule has 1 aliphatic rings. The van der Waals surface area contributed by atoms with Gasteiger partial charge in [-0.05, 0) is 38.1 Å². The Morgan fingerprint density at radius 1 is 1.39 bits per heavy atom. The molecule has 0 saturated carbocycles. The standard InChI is InChI=1S/C16H17FN4O2/c1-9-13(10(2)20-19-9)7-15(22)18-14-8-21(16(14)23)12-5-3-11(17)4-6-12/h3-6,14H,7-8H2,1-2H3,(H,18,22)(H,19,20). The van der Waals surface area contributed by atoms with Gasteiger partial charge in [0.05, 0.1) is 18.7 Å². The number of aryl methyl sites for hydroxylation is 2. The smallest absolute Gasteiger partial charge is 0.251 e. The molecule has 0 radical (unpaired) electrons. The van der Waals surface area contributed by atoms with E-state index in [0.29, 0.717) is 12.2 Å². The maximum atomic E-state index is 12.9. The van der Waals surface area contributed by atoms with Crippen molar-refractivity contribution in [1.82, 2.24) is 15.5 Å². The van der Waals surface area contributed by atoms with Crippen molar-refractivity contribution in [2.75, 3.05) is 11.4 Å². The minimum absolute atomic E-state index is 0.189. The molecule has 2 aromatic rings. The highest BCUT2D eigenvalue weighted by atomic mass is 19.1. The third-order valence-electron chi connectivity index (χ3n) is 4.02. The number of amides is 2. The molecule has 6 nitrogen and oxygen atoms in total. The number of nitrogens with one attached hydrogen (secondary N) is 2. The summed E-state index contributed by atoms with van der Waals surface area (Å²) in [5.41, 5.74) is 3.11. The summed E-state index contributed by atoms with van der Waals surface area (Å²) in [6.07, 6.45) is 0.189. The molecule has 120 valence electrons. The summed E-state index contributed by atoms with van der Waals surface area (Å²) in [6, 6.07) is 5.17. The zero-order valence-electron chi connectivity index (χ0n) is 12.9. The van der Waals surface area contributed by atoms with Gasteiger partial charge >= 0.3 is 0 Å². The van der Waals surface area contributed by atoms with Crippen molar-refractivity contribution in [3.05, 3.63) is 47.0 Å². The van der Waals surface area contributed by atoms with Gasteiger partial charge < -0.3 is 10.2 Å². The lowest BCUT2D eigenvalue weighted by Crippen LogP contribution is -2.64. The zero-order chi connectivity index (χ0) is 16.6. The molecule has 0 aliphatic carbocycles. The van der Waals surface area contributed by atoms with E-state index in [0.717, 1.165) is 17.0 Å². The van der Waals surface area contributed by atoms with E-state index in [1.54, 1.807) is 12.1 Å². The Balaban J connectivity index is 1.57. The molecule has 1 aromatic carbocycles. The molecule has 1 fully saturated rings. The number of anilines is 1. The average molecular weight is 316 g/mol. The van der Waals surface area contributed by atoms with E-state index in [-0.39, 0.29) is 24.1 Å². The van der Waals surface area contributed by atoms with E-state index < -0.39 is 6.04 Å². The van der Waals surface area contributed by atoms with Crippen LogP contribution in [-0.2, 0) is 16.0 Å². The predicted octanol–water partition coefficient (Wildman–Crippen LogP) is 1.24. The number of rotatable bonds is 4. The van der Waals surface area contributed by atoms with Crippen LogP contribution in [0, 0.1) is 19.7 Å². The van der Waals surface area contributed by atoms with Gasteiger partial charge in [-0.1, -0.05) is 0 Å². The summed E-state index contributed by atoms with van der Waals surface area (Å²) in [7, 11) is 0. The molecule has 3 rings (SSSR count). The van der Waals surface area contributed by atoms with Crippen LogP contribution in [-0.4, -0.2) is 34.6 Å². The van der Waals surface area contributed by atoms with Gasteiger partial charge in [0, 0.05) is 16.9 Å². The first-order valence-corrected chi connectivity index (χ1v) is 7.32. The summed E-state index contributed by atoms with van der Waals surface area (Å²) in [4.78, 5) is 25.7.